The Bertz CT molecular complexity index is 896. The molecule has 1 aromatic heterocycles. The number of aryl methyl sites for hydroxylation is 1. The van der Waals surface area contributed by atoms with E-state index in [1.807, 2.05) is 38.1 Å². The summed E-state index contributed by atoms with van der Waals surface area (Å²) in [5.74, 6) is -0.386. The number of para-hydroxylation sites is 1. The van der Waals surface area contributed by atoms with Gasteiger partial charge in [-0.05, 0) is 55.7 Å². The quantitative estimate of drug-likeness (QED) is 0.712. The SMILES string of the molecule is CCc1ccccc1NC(=O)C(C)(C)c1c[nH]c2cc(F)ccc12. The van der Waals surface area contributed by atoms with Gasteiger partial charge in [0.05, 0.1) is 5.41 Å². The fourth-order valence-corrected chi connectivity index (χ4v) is 2.97. The number of halogens is 1. The number of H-pyrrole nitrogens is 1. The minimum atomic E-state index is -0.753. The number of rotatable bonds is 4. The van der Waals surface area contributed by atoms with Crippen molar-refractivity contribution in [1.82, 2.24) is 4.98 Å². The molecule has 3 aromatic rings. The van der Waals surface area contributed by atoms with Crippen molar-refractivity contribution >= 4 is 22.5 Å². The van der Waals surface area contributed by atoms with Crippen LogP contribution >= 0.6 is 0 Å². The number of carbonyl (C=O) groups excluding carboxylic acids is 1. The van der Waals surface area contributed by atoms with Gasteiger partial charge >= 0.3 is 0 Å². The number of hydrogen-bond acceptors (Lipinski definition) is 1. The van der Waals surface area contributed by atoms with Crippen molar-refractivity contribution in [2.24, 2.45) is 0 Å². The Morgan fingerprint density at radius 1 is 1.21 bits per heavy atom. The van der Waals surface area contributed by atoms with Gasteiger partial charge in [-0.15, -0.1) is 0 Å². The van der Waals surface area contributed by atoms with Gasteiger partial charge in [0.25, 0.3) is 0 Å². The van der Waals surface area contributed by atoms with Gasteiger partial charge in [0.2, 0.25) is 5.91 Å². The first-order valence-corrected chi connectivity index (χ1v) is 8.10. The topological polar surface area (TPSA) is 44.9 Å². The lowest BCUT2D eigenvalue weighted by molar-refractivity contribution is -0.120. The molecule has 3 rings (SSSR count). The predicted molar refractivity (Wildman–Crippen MR) is 95.7 cm³/mol. The molecule has 0 spiro atoms. The van der Waals surface area contributed by atoms with Gasteiger partial charge in [-0.1, -0.05) is 25.1 Å². The number of hydrogen-bond donors (Lipinski definition) is 2. The summed E-state index contributed by atoms with van der Waals surface area (Å²) in [4.78, 5) is 16.0. The highest BCUT2D eigenvalue weighted by Crippen LogP contribution is 2.32. The lowest BCUT2D eigenvalue weighted by atomic mass is 9.83. The smallest absolute Gasteiger partial charge is 0.234 e. The number of benzene rings is 2. The highest BCUT2D eigenvalue weighted by Gasteiger charge is 2.32. The number of fused-ring (bicyclic) bond motifs is 1. The van der Waals surface area contributed by atoms with Crippen LogP contribution in [0.15, 0.2) is 48.7 Å². The van der Waals surface area contributed by atoms with Crippen LogP contribution in [-0.2, 0) is 16.6 Å². The molecule has 0 unspecified atom stereocenters. The Balaban J connectivity index is 1.95. The Morgan fingerprint density at radius 2 is 1.96 bits per heavy atom. The summed E-state index contributed by atoms with van der Waals surface area (Å²) >= 11 is 0. The highest BCUT2D eigenvalue weighted by molar-refractivity contribution is 6.02. The third kappa shape index (κ3) is 2.80. The molecule has 2 aromatic carbocycles. The van der Waals surface area contributed by atoms with Crippen LogP contribution < -0.4 is 5.32 Å². The zero-order chi connectivity index (χ0) is 17.3. The fraction of sp³-hybridized carbons (Fsp3) is 0.250. The Hall–Kier alpha value is -2.62. The molecule has 0 fully saturated rings. The van der Waals surface area contributed by atoms with E-state index >= 15 is 0 Å². The minimum absolute atomic E-state index is 0.0892. The maximum absolute atomic E-state index is 13.4. The van der Waals surface area contributed by atoms with E-state index in [-0.39, 0.29) is 11.7 Å². The Morgan fingerprint density at radius 3 is 2.71 bits per heavy atom. The third-order valence-electron chi connectivity index (χ3n) is 4.53. The summed E-state index contributed by atoms with van der Waals surface area (Å²) in [6, 6.07) is 12.4. The summed E-state index contributed by atoms with van der Waals surface area (Å²) in [6.45, 7) is 5.82. The van der Waals surface area contributed by atoms with E-state index < -0.39 is 5.41 Å². The van der Waals surface area contributed by atoms with Crippen LogP contribution in [0.25, 0.3) is 10.9 Å². The van der Waals surface area contributed by atoms with Crippen LogP contribution in [0.5, 0.6) is 0 Å². The van der Waals surface area contributed by atoms with Crippen LogP contribution in [0.4, 0.5) is 10.1 Å². The molecular formula is C20H21FN2O. The second-order valence-electron chi connectivity index (χ2n) is 6.48. The largest absolute Gasteiger partial charge is 0.361 e. The number of amides is 1. The molecule has 2 N–H and O–H groups in total. The van der Waals surface area contributed by atoms with Crippen molar-refractivity contribution in [2.45, 2.75) is 32.6 Å². The van der Waals surface area contributed by atoms with E-state index in [9.17, 15) is 9.18 Å². The Kier molecular flexibility index (Phi) is 4.14. The maximum Gasteiger partial charge on any atom is 0.234 e. The van der Waals surface area contributed by atoms with Gasteiger partial charge in [0.15, 0.2) is 0 Å². The molecule has 24 heavy (non-hydrogen) atoms. The summed E-state index contributed by atoms with van der Waals surface area (Å²) < 4.78 is 13.4. The van der Waals surface area contributed by atoms with Crippen LogP contribution in [0.3, 0.4) is 0 Å². The molecule has 0 radical (unpaired) electrons. The van der Waals surface area contributed by atoms with Crippen LogP contribution in [0, 0.1) is 5.82 Å². The van der Waals surface area contributed by atoms with Crippen LogP contribution in [-0.4, -0.2) is 10.9 Å². The van der Waals surface area contributed by atoms with Gasteiger partial charge in [-0.25, -0.2) is 4.39 Å². The van der Waals surface area contributed by atoms with E-state index in [0.29, 0.717) is 5.52 Å². The zero-order valence-electron chi connectivity index (χ0n) is 14.1. The number of nitrogens with one attached hydrogen (secondary N) is 2. The second kappa shape index (κ2) is 6.11. The van der Waals surface area contributed by atoms with Crippen molar-refractivity contribution in [3.63, 3.8) is 0 Å². The number of aromatic nitrogens is 1. The summed E-state index contributed by atoms with van der Waals surface area (Å²) in [5, 5.41) is 3.90. The van der Waals surface area contributed by atoms with E-state index in [0.717, 1.165) is 28.6 Å². The monoisotopic (exact) mass is 324 g/mol. The first kappa shape index (κ1) is 16.2. The normalized spacial score (nSPS) is 11.7. The molecule has 124 valence electrons. The molecule has 3 nitrogen and oxygen atoms in total. The van der Waals surface area contributed by atoms with Crippen LogP contribution in [0.2, 0.25) is 0 Å². The standard InChI is InChI=1S/C20H21FN2O/c1-4-13-7-5-6-8-17(13)23-19(24)20(2,3)16-12-22-18-11-14(21)9-10-15(16)18/h5-12,22H,4H2,1-3H3,(H,23,24). The molecular weight excluding hydrogens is 303 g/mol. The van der Waals surface area contributed by atoms with Crippen molar-refractivity contribution in [1.29, 1.82) is 0 Å². The van der Waals surface area contributed by atoms with Gasteiger partial charge in [0.1, 0.15) is 5.82 Å². The highest BCUT2D eigenvalue weighted by atomic mass is 19.1. The molecule has 0 atom stereocenters. The van der Waals surface area contributed by atoms with E-state index in [2.05, 4.69) is 17.2 Å². The van der Waals surface area contributed by atoms with Crippen molar-refractivity contribution in [3.8, 4) is 0 Å². The summed E-state index contributed by atoms with van der Waals surface area (Å²) in [5.41, 5.74) is 2.73. The lowest BCUT2D eigenvalue weighted by Gasteiger charge is -2.24. The van der Waals surface area contributed by atoms with Crippen LogP contribution in [0.1, 0.15) is 31.9 Å². The molecule has 0 bridgehead atoms. The molecule has 0 aliphatic heterocycles. The van der Waals surface area contributed by atoms with Gasteiger partial charge in [-0.2, -0.15) is 0 Å². The molecule has 1 amide bonds. The third-order valence-corrected chi connectivity index (χ3v) is 4.53. The first-order chi connectivity index (χ1) is 11.4. The van der Waals surface area contributed by atoms with Crippen molar-refractivity contribution < 1.29 is 9.18 Å². The molecule has 1 heterocycles. The van der Waals surface area contributed by atoms with E-state index in [1.165, 1.54) is 12.1 Å². The summed E-state index contributed by atoms with van der Waals surface area (Å²) in [7, 11) is 0. The second-order valence-corrected chi connectivity index (χ2v) is 6.48. The Labute approximate surface area is 140 Å². The first-order valence-electron chi connectivity index (χ1n) is 8.10. The van der Waals surface area contributed by atoms with Crippen molar-refractivity contribution in [3.05, 3.63) is 65.6 Å². The predicted octanol–water partition coefficient (Wildman–Crippen LogP) is 4.79. The zero-order valence-corrected chi connectivity index (χ0v) is 14.1. The number of anilines is 1. The molecule has 4 heteroatoms. The summed E-state index contributed by atoms with van der Waals surface area (Å²) in [6.07, 6.45) is 2.64. The molecule has 0 aliphatic rings. The van der Waals surface area contributed by atoms with Gasteiger partial charge in [-0.3, -0.25) is 4.79 Å². The van der Waals surface area contributed by atoms with Crippen molar-refractivity contribution in [2.75, 3.05) is 5.32 Å². The fourth-order valence-electron chi connectivity index (χ4n) is 2.97. The molecule has 0 saturated heterocycles. The average molecular weight is 324 g/mol. The maximum atomic E-state index is 13.4. The average Bonchev–Trinajstić information content (AvgIpc) is 2.98. The van der Waals surface area contributed by atoms with E-state index in [1.54, 1.807) is 12.3 Å². The molecule has 0 saturated carbocycles. The molecule has 0 aliphatic carbocycles. The minimum Gasteiger partial charge on any atom is -0.361 e. The van der Waals surface area contributed by atoms with Gasteiger partial charge < -0.3 is 10.3 Å². The number of aromatic amines is 1. The van der Waals surface area contributed by atoms with Gasteiger partial charge in [0, 0.05) is 22.8 Å². The van der Waals surface area contributed by atoms with E-state index in [4.69, 9.17) is 0 Å². The number of carbonyl (C=O) groups is 1. The lowest BCUT2D eigenvalue weighted by Crippen LogP contribution is -2.34.